The first-order valence-electron chi connectivity index (χ1n) is 4.96. The van der Waals surface area contributed by atoms with Gasteiger partial charge in [-0.3, -0.25) is 0 Å². The predicted octanol–water partition coefficient (Wildman–Crippen LogP) is 2.28. The number of primary sulfonamides is 1. The highest BCUT2D eigenvalue weighted by Gasteiger charge is 2.15. The highest BCUT2D eigenvalue weighted by molar-refractivity contribution is 7.89. The van der Waals surface area contributed by atoms with Gasteiger partial charge in [0.15, 0.2) is 0 Å². The van der Waals surface area contributed by atoms with Gasteiger partial charge in [-0.1, -0.05) is 12.1 Å². The molecule has 18 heavy (non-hydrogen) atoms. The Kier molecular flexibility index (Phi) is 3.14. The molecule has 0 saturated heterocycles. The van der Waals surface area contributed by atoms with Gasteiger partial charge in [0.2, 0.25) is 10.0 Å². The van der Waals surface area contributed by atoms with Crippen LogP contribution in [0.3, 0.4) is 0 Å². The summed E-state index contributed by atoms with van der Waals surface area (Å²) in [6.45, 7) is 0. The summed E-state index contributed by atoms with van der Waals surface area (Å²) in [5.41, 5.74) is 0.484. The lowest BCUT2D eigenvalue weighted by Gasteiger charge is -2.08. The van der Waals surface area contributed by atoms with Gasteiger partial charge in [0.25, 0.3) is 0 Å². The van der Waals surface area contributed by atoms with E-state index in [1.165, 1.54) is 12.1 Å². The van der Waals surface area contributed by atoms with E-state index in [1.807, 2.05) is 0 Å². The van der Waals surface area contributed by atoms with Crippen molar-refractivity contribution >= 4 is 10.0 Å². The van der Waals surface area contributed by atoms with Crippen molar-refractivity contribution in [2.75, 3.05) is 0 Å². The summed E-state index contributed by atoms with van der Waals surface area (Å²) >= 11 is 0. The molecule has 0 radical (unpaired) electrons. The molecule has 0 heterocycles. The Labute approximate surface area is 103 Å². The SMILES string of the molecule is NS(=O)(=O)c1ccc(F)cc1-c1ccc(F)cc1. The molecule has 0 saturated carbocycles. The molecule has 3 nitrogen and oxygen atoms in total. The van der Waals surface area contributed by atoms with Crippen molar-refractivity contribution in [1.29, 1.82) is 0 Å². The summed E-state index contributed by atoms with van der Waals surface area (Å²) in [6, 6.07) is 8.18. The van der Waals surface area contributed by atoms with Crippen LogP contribution in [0, 0.1) is 11.6 Å². The third-order valence-corrected chi connectivity index (χ3v) is 3.37. The van der Waals surface area contributed by atoms with E-state index in [4.69, 9.17) is 5.14 Å². The smallest absolute Gasteiger partial charge is 0.225 e. The normalized spacial score (nSPS) is 11.5. The molecule has 0 amide bonds. The second-order valence-electron chi connectivity index (χ2n) is 3.69. The first-order valence-corrected chi connectivity index (χ1v) is 6.51. The van der Waals surface area contributed by atoms with E-state index in [0.29, 0.717) is 5.56 Å². The van der Waals surface area contributed by atoms with E-state index >= 15 is 0 Å². The maximum absolute atomic E-state index is 13.2. The quantitative estimate of drug-likeness (QED) is 0.909. The van der Waals surface area contributed by atoms with Crippen LogP contribution in [0.4, 0.5) is 8.78 Å². The van der Waals surface area contributed by atoms with Gasteiger partial charge in [0, 0.05) is 5.56 Å². The lowest BCUT2D eigenvalue weighted by Crippen LogP contribution is -2.13. The third-order valence-electron chi connectivity index (χ3n) is 2.40. The van der Waals surface area contributed by atoms with Gasteiger partial charge >= 0.3 is 0 Å². The maximum atomic E-state index is 13.2. The van der Waals surface area contributed by atoms with Gasteiger partial charge in [-0.25, -0.2) is 22.3 Å². The molecule has 6 heteroatoms. The molecule has 0 aromatic heterocycles. The van der Waals surface area contributed by atoms with Gasteiger partial charge < -0.3 is 0 Å². The summed E-state index contributed by atoms with van der Waals surface area (Å²) in [7, 11) is -3.97. The standard InChI is InChI=1S/C12H9F2NO2S/c13-9-3-1-8(2-4-9)11-7-10(14)5-6-12(11)18(15,16)17/h1-7H,(H2,15,16,17). The minimum absolute atomic E-state index is 0.109. The first kappa shape index (κ1) is 12.7. The van der Waals surface area contributed by atoms with Gasteiger partial charge in [0.1, 0.15) is 11.6 Å². The fourth-order valence-corrected chi connectivity index (χ4v) is 2.35. The van der Waals surface area contributed by atoms with Gasteiger partial charge in [-0.05, 0) is 35.9 Å². The number of halogens is 2. The number of benzene rings is 2. The molecular weight excluding hydrogens is 260 g/mol. The molecule has 0 unspecified atom stereocenters. The molecule has 0 fully saturated rings. The summed E-state index contributed by atoms with van der Waals surface area (Å²) in [6.07, 6.45) is 0. The van der Waals surface area contributed by atoms with E-state index in [1.54, 1.807) is 0 Å². The Balaban J connectivity index is 2.69. The predicted molar refractivity (Wildman–Crippen MR) is 63.2 cm³/mol. The van der Waals surface area contributed by atoms with Crippen molar-refractivity contribution in [3.05, 3.63) is 54.1 Å². The minimum Gasteiger partial charge on any atom is -0.225 e. The molecule has 94 valence electrons. The van der Waals surface area contributed by atoms with Crippen molar-refractivity contribution in [2.24, 2.45) is 5.14 Å². The van der Waals surface area contributed by atoms with Crippen LogP contribution in [0.2, 0.25) is 0 Å². The largest absolute Gasteiger partial charge is 0.238 e. The average Bonchev–Trinajstić information content (AvgIpc) is 2.28. The highest BCUT2D eigenvalue weighted by atomic mass is 32.2. The Morgan fingerprint density at radius 2 is 1.44 bits per heavy atom. The maximum Gasteiger partial charge on any atom is 0.238 e. The van der Waals surface area contributed by atoms with Crippen LogP contribution in [0.25, 0.3) is 11.1 Å². The summed E-state index contributed by atoms with van der Waals surface area (Å²) in [4.78, 5) is -0.199. The number of hydrogen-bond donors (Lipinski definition) is 1. The molecule has 2 rings (SSSR count). The monoisotopic (exact) mass is 269 g/mol. The molecule has 0 bridgehead atoms. The second kappa shape index (κ2) is 4.47. The Hall–Kier alpha value is -1.79. The fourth-order valence-electron chi connectivity index (χ4n) is 1.61. The summed E-state index contributed by atoms with van der Waals surface area (Å²) in [5, 5.41) is 5.05. The van der Waals surface area contributed by atoms with E-state index in [2.05, 4.69) is 0 Å². The van der Waals surface area contributed by atoms with Crippen LogP contribution < -0.4 is 5.14 Å². The van der Waals surface area contributed by atoms with Gasteiger partial charge in [0.05, 0.1) is 4.90 Å². The van der Waals surface area contributed by atoms with Crippen molar-refractivity contribution in [1.82, 2.24) is 0 Å². The van der Waals surface area contributed by atoms with Gasteiger partial charge in [-0.2, -0.15) is 0 Å². The average molecular weight is 269 g/mol. The second-order valence-corrected chi connectivity index (χ2v) is 5.22. The van der Waals surface area contributed by atoms with Crippen LogP contribution in [0.15, 0.2) is 47.4 Å². The molecule has 2 aromatic carbocycles. The first-order chi connectivity index (χ1) is 8.38. The lowest BCUT2D eigenvalue weighted by atomic mass is 10.1. The van der Waals surface area contributed by atoms with Gasteiger partial charge in [-0.15, -0.1) is 0 Å². The fraction of sp³-hybridized carbons (Fsp3) is 0. The zero-order valence-electron chi connectivity index (χ0n) is 9.10. The third kappa shape index (κ3) is 2.55. The van der Waals surface area contributed by atoms with E-state index < -0.39 is 21.7 Å². The van der Waals surface area contributed by atoms with Crippen LogP contribution in [-0.4, -0.2) is 8.42 Å². The van der Waals surface area contributed by atoms with Crippen LogP contribution in [-0.2, 0) is 10.0 Å². The number of nitrogens with two attached hydrogens (primary N) is 1. The Morgan fingerprint density at radius 3 is 2.00 bits per heavy atom. The summed E-state index contributed by atoms with van der Waals surface area (Å²) < 4.78 is 48.8. The van der Waals surface area contributed by atoms with Crippen molar-refractivity contribution < 1.29 is 17.2 Å². The topological polar surface area (TPSA) is 60.2 Å². The molecule has 0 aliphatic carbocycles. The molecular formula is C12H9F2NO2S. The molecule has 0 aliphatic rings. The Morgan fingerprint density at radius 1 is 0.889 bits per heavy atom. The van der Waals surface area contributed by atoms with E-state index in [9.17, 15) is 17.2 Å². The zero-order valence-corrected chi connectivity index (χ0v) is 9.92. The lowest BCUT2D eigenvalue weighted by molar-refractivity contribution is 0.597. The zero-order chi connectivity index (χ0) is 13.3. The van der Waals surface area contributed by atoms with Crippen molar-refractivity contribution in [2.45, 2.75) is 4.90 Å². The van der Waals surface area contributed by atoms with E-state index in [-0.39, 0.29) is 10.5 Å². The summed E-state index contributed by atoms with van der Waals surface area (Å²) in [5.74, 6) is -1.06. The molecule has 2 aromatic rings. The highest BCUT2D eigenvalue weighted by Crippen LogP contribution is 2.27. The number of hydrogen-bond acceptors (Lipinski definition) is 2. The minimum atomic E-state index is -3.97. The van der Waals surface area contributed by atoms with Crippen LogP contribution in [0.5, 0.6) is 0 Å². The molecule has 0 aliphatic heterocycles. The van der Waals surface area contributed by atoms with Crippen LogP contribution >= 0.6 is 0 Å². The van der Waals surface area contributed by atoms with Crippen LogP contribution in [0.1, 0.15) is 0 Å². The number of rotatable bonds is 2. The Bertz CT molecular complexity index is 682. The molecule has 0 atom stereocenters. The van der Waals surface area contributed by atoms with Crippen molar-refractivity contribution in [3.63, 3.8) is 0 Å². The molecule has 2 N–H and O–H groups in total. The molecule has 0 spiro atoms. The number of sulfonamides is 1. The van der Waals surface area contributed by atoms with Crippen molar-refractivity contribution in [3.8, 4) is 11.1 Å². The van der Waals surface area contributed by atoms with E-state index in [0.717, 1.165) is 30.3 Å².